The van der Waals surface area contributed by atoms with Crippen molar-refractivity contribution in [2.75, 3.05) is 31.1 Å². The van der Waals surface area contributed by atoms with Gasteiger partial charge in [-0.3, -0.25) is 4.99 Å². The molecule has 5 heteroatoms. The summed E-state index contributed by atoms with van der Waals surface area (Å²) in [6, 6.07) is 13.5. The molecule has 2 N–H and O–H groups in total. The maximum Gasteiger partial charge on any atom is 0.191 e. The molecule has 1 aliphatic rings. The first-order valence-electron chi connectivity index (χ1n) is 9.63. The van der Waals surface area contributed by atoms with Gasteiger partial charge in [0.25, 0.3) is 0 Å². The number of anilines is 1. The van der Waals surface area contributed by atoms with Crippen LogP contribution in [0.2, 0.25) is 0 Å². The average molecular weight is 371 g/mol. The fourth-order valence-corrected chi connectivity index (χ4v) is 4.16. The lowest BCUT2D eigenvalue weighted by Gasteiger charge is -2.33. The van der Waals surface area contributed by atoms with Crippen LogP contribution in [0, 0.1) is 6.92 Å². The second kappa shape index (κ2) is 9.62. The van der Waals surface area contributed by atoms with Crippen molar-refractivity contribution in [3.63, 3.8) is 0 Å². The molecular formula is C21H30N4S. The number of nitrogens with zero attached hydrogens (tertiary/aromatic N) is 2. The highest BCUT2D eigenvalue weighted by atomic mass is 32.1. The summed E-state index contributed by atoms with van der Waals surface area (Å²) in [5, 5.41) is 10.6. The second-order valence-electron chi connectivity index (χ2n) is 6.86. The Morgan fingerprint density at radius 2 is 2.08 bits per heavy atom. The molecule has 0 amide bonds. The van der Waals surface area contributed by atoms with Gasteiger partial charge in [-0.2, -0.15) is 0 Å². The standard InChI is InChI=1S/C21H30N4S/c1-3-22-21(23-12-9-18-7-4-6-17(2)16-18)24-19-10-13-25(14-11-19)20-8-5-15-26-20/h4-8,15-16,19H,3,9-14H2,1-2H3,(H2,22,23,24). The molecule has 1 fully saturated rings. The van der Waals surface area contributed by atoms with Gasteiger partial charge in [-0.25, -0.2) is 0 Å². The molecule has 3 rings (SSSR count). The summed E-state index contributed by atoms with van der Waals surface area (Å²) in [6.45, 7) is 8.19. The summed E-state index contributed by atoms with van der Waals surface area (Å²) in [5.74, 6) is 0.953. The highest BCUT2D eigenvalue weighted by Crippen LogP contribution is 2.24. The predicted octanol–water partition coefficient (Wildman–Crippen LogP) is 3.82. The second-order valence-corrected chi connectivity index (χ2v) is 7.78. The molecule has 0 radical (unpaired) electrons. The Morgan fingerprint density at radius 3 is 2.77 bits per heavy atom. The normalized spacial score (nSPS) is 15.9. The van der Waals surface area contributed by atoms with Gasteiger partial charge in [-0.05, 0) is 56.2 Å². The number of aryl methyl sites for hydroxylation is 1. The van der Waals surface area contributed by atoms with E-state index in [1.54, 1.807) is 0 Å². The Labute approximate surface area is 161 Å². The zero-order chi connectivity index (χ0) is 18.2. The summed E-state index contributed by atoms with van der Waals surface area (Å²) in [6.07, 6.45) is 3.29. The molecule has 0 bridgehead atoms. The number of thiophene rings is 1. The lowest BCUT2D eigenvalue weighted by Crippen LogP contribution is -2.48. The van der Waals surface area contributed by atoms with Crippen LogP contribution in [0.3, 0.4) is 0 Å². The maximum absolute atomic E-state index is 4.78. The van der Waals surface area contributed by atoms with Gasteiger partial charge in [0.2, 0.25) is 0 Å². The number of rotatable bonds is 6. The van der Waals surface area contributed by atoms with E-state index in [0.717, 1.165) is 51.4 Å². The van der Waals surface area contributed by atoms with Gasteiger partial charge in [0, 0.05) is 32.2 Å². The van der Waals surface area contributed by atoms with Crippen LogP contribution >= 0.6 is 11.3 Å². The van der Waals surface area contributed by atoms with Gasteiger partial charge in [-0.1, -0.05) is 29.8 Å². The molecule has 0 atom stereocenters. The molecule has 2 aromatic rings. The van der Waals surface area contributed by atoms with Crippen LogP contribution in [-0.2, 0) is 6.42 Å². The van der Waals surface area contributed by atoms with Gasteiger partial charge in [0.15, 0.2) is 5.96 Å². The van der Waals surface area contributed by atoms with E-state index in [1.165, 1.54) is 16.1 Å². The van der Waals surface area contributed by atoms with Crippen LogP contribution in [-0.4, -0.2) is 38.2 Å². The summed E-state index contributed by atoms with van der Waals surface area (Å²) >= 11 is 1.83. The maximum atomic E-state index is 4.78. The number of piperidine rings is 1. The lowest BCUT2D eigenvalue weighted by molar-refractivity contribution is 0.463. The van der Waals surface area contributed by atoms with E-state index >= 15 is 0 Å². The van der Waals surface area contributed by atoms with E-state index in [4.69, 9.17) is 4.99 Å². The molecule has 0 saturated carbocycles. The number of guanidine groups is 1. The lowest BCUT2D eigenvalue weighted by atomic mass is 10.1. The third-order valence-electron chi connectivity index (χ3n) is 4.75. The van der Waals surface area contributed by atoms with E-state index in [0.29, 0.717) is 6.04 Å². The third kappa shape index (κ3) is 5.49. The molecule has 0 spiro atoms. The predicted molar refractivity (Wildman–Crippen MR) is 114 cm³/mol. The SMILES string of the molecule is CCNC(=NCCc1cccc(C)c1)NC1CCN(c2cccs2)CC1. The number of hydrogen-bond acceptors (Lipinski definition) is 3. The Bertz CT molecular complexity index is 688. The Morgan fingerprint density at radius 1 is 1.23 bits per heavy atom. The summed E-state index contributed by atoms with van der Waals surface area (Å²) < 4.78 is 0. The van der Waals surface area contributed by atoms with Crippen molar-refractivity contribution in [1.82, 2.24) is 10.6 Å². The molecule has 1 saturated heterocycles. The van der Waals surface area contributed by atoms with Crippen LogP contribution in [0.25, 0.3) is 0 Å². The van der Waals surface area contributed by atoms with E-state index in [2.05, 4.69) is 71.2 Å². The highest BCUT2D eigenvalue weighted by molar-refractivity contribution is 7.14. The monoisotopic (exact) mass is 370 g/mol. The van der Waals surface area contributed by atoms with E-state index in [1.807, 2.05) is 11.3 Å². The van der Waals surface area contributed by atoms with Crippen molar-refractivity contribution >= 4 is 22.3 Å². The number of nitrogens with one attached hydrogen (secondary N) is 2. The number of aliphatic imine (C=N–C) groups is 1. The molecular weight excluding hydrogens is 340 g/mol. The zero-order valence-corrected chi connectivity index (χ0v) is 16.7. The molecule has 26 heavy (non-hydrogen) atoms. The Kier molecular flexibility index (Phi) is 6.95. The molecule has 0 aliphatic carbocycles. The molecule has 1 aromatic carbocycles. The summed E-state index contributed by atoms with van der Waals surface area (Å²) in [7, 11) is 0. The summed E-state index contributed by atoms with van der Waals surface area (Å²) in [4.78, 5) is 7.28. The van der Waals surface area contributed by atoms with Crippen molar-refractivity contribution < 1.29 is 0 Å². The first kappa shape index (κ1) is 18.8. The fourth-order valence-electron chi connectivity index (χ4n) is 3.37. The third-order valence-corrected chi connectivity index (χ3v) is 5.68. The van der Waals surface area contributed by atoms with E-state index < -0.39 is 0 Å². The summed E-state index contributed by atoms with van der Waals surface area (Å²) in [5.41, 5.74) is 2.67. The van der Waals surface area contributed by atoms with E-state index in [9.17, 15) is 0 Å². The molecule has 4 nitrogen and oxygen atoms in total. The van der Waals surface area contributed by atoms with Crippen LogP contribution in [0.4, 0.5) is 5.00 Å². The zero-order valence-electron chi connectivity index (χ0n) is 15.9. The van der Waals surface area contributed by atoms with Crippen molar-refractivity contribution in [2.24, 2.45) is 4.99 Å². The van der Waals surface area contributed by atoms with Gasteiger partial charge >= 0.3 is 0 Å². The van der Waals surface area contributed by atoms with Gasteiger partial charge in [0.05, 0.1) is 5.00 Å². The largest absolute Gasteiger partial charge is 0.363 e. The molecule has 1 aliphatic heterocycles. The first-order chi connectivity index (χ1) is 12.7. The molecule has 1 aromatic heterocycles. The Hall–Kier alpha value is -2.01. The number of hydrogen-bond donors (Lipinski definition) is 2. The van der Waals surface area contributed by atoms with Crippen molar-refractivity contribution in [3.8, 4) is 0 Å². The average Bonchev–Trinajstić information content (AvgIpc) is 3.17. The van der Waals surface area contributed by atoms with Gasteiger partial charge in [0.1, 0.15) is 0 Å². The van der Waals surface area contributed by atoms with Crippen molar-refractivity contribution in [1.29, 1.82) is 0 Å². The molecule has 2 heterocycles. The number of benzene rings is 1. The Balaban J connectivity index is 1.48. The topological polar surface area (TPSA) is 39.7 Å². The minimum Gasteiger partial charge on any atom is -0.363 e. The van der Waals surface area contributed by atoms with Gasteiger partial charge in [-0.15, -0.1) is 11.3 Å². The first-order valence-corrected chi connectivity index (χ1v) is 10.5. The van der Waals surface area contributed by atoms with Crippen LogP contribution < -0.4 is 15.5 Å². The van der Waals surface area contributed by atoms with Crippen molar-refractivity contribution in [2.45, 2.75) is 39.2 Å². The minimum absolute atomic E-state index is 0.503. The van der Waals surface area contributed by atoms with E-state index in [-0.39, 0.29) is 0 Å². The van der Waals surface area contributed by atoms with Crippen LogP contribution in [0.15, 0.2) is 46.8 Å². The minimum atomic E-state index is 0.503. The molecule has 140 valence electrons. The van der Waals surface area contributed by atoms with Crippen LogP contribution in [0.5, 0.6) is 0 Å². The molecule has 0 unspecified atom stereocenters. The smallest absolute Gasteiger partial charge is 0.191 e. The van der Waals surface area contributed by atoms with Crippen molar-refractivity contribution in [3.05, 3.63) is 52.9 Å². The van der Waals surface area contributed by atoms with Crippen LogP contribution in [0.1, 0.15) is 30.9 Å². The van der Waals surface area contributed by atoms with Gasteiger partial charge < -0.3 is 15.5 Å². The highest BCUT2D eigenvalue weighted by Gasteiger charge is 2.20. The quantitative estimate of drug-likeness (QED) is 0.600. The fraction of sp³-hybridized carbons (Fsp3) is 0.476.